The molecule has 0 fully saturated rings. The summed E-state index contributed by atoms with van der Waals surface area (Å²) >= 11 is 5.93. The maximum atomic E-state index is 12.0. The van der Waals surface area contributed by atoms with E-state index < -0.39 is 0 Å². The highest BCUT2D eigenvalue weighted by atomic mass is 35.5. The highest BCUT2D eigenvalue weighted by molar-refractivity contribution is 6.31. The Hall–Kier alpha value is -2.20. The molecule has 21 heavy (non-hydrogen) atoms. The molecule has 0 aromatic heterocycles. The van der Waals surface area contributed by atoms with Gasteiger partial charge < -0.3 is 15.4 Å². The Morgan fingerprint density at radius 2 is 2.05 bits per heavy atom. The van der Waals surface area contributed by atoms with E-state index in [9.17, 15) is 4.79 Å². The lowest BCUT2D eigenvalue weighted by molar-refractivity contribution is -0.114. The van der Waals surface area contributed by atoms with Crippen LogP contribution in [-0.4, -0.2) is 19.6 Å². The van der Waals surface area contributed by atoms with Crippen molar-refractivity contribution in [2.24, 2.45) is 0 Å². The lowest BCUT2D eigenvalue weighted by Crippen LogP contribution is -2.22. The molecule has 0 unspecified atom stereocenters. The molecular weight excluding hydrogens is 288 g/mol. The van der Waals surface area contributed by atoms with Crippen LogP contribution in [0.5, 0.6) is 5.75 Å². The molecule has 2 N–H and O–H groups in total. The summed E-state index contributed by atoms with van der Waals surface area (Å²) < 4.78 is 5.13. The number of methoxy groups -OCH3 is 1. The molecule has 1 amide bonds. The molecule has 0 heterocycles. The van der Waals surface area contributed by atoms with Crippen LogP contribution in [0.25, 0.3) is 0 Å². The number of ether oxygens (including phenoxy) is 1. The summed E-state index contributed by atoms with van der Waals surface area (Å²) in [5.41, 5.74) is 2.52. The molecule has 0 spiro atoms. The fourth-order valence-corrected chi connectivity index (χ4v) is 2.01. The normalized spacial score (nSPS) is 10.0. The first-order valence-electron chi connectivity index (χ1n) is 6.52. The Morgan fingerprint density at radius 1 is 1.24 bits per heavy atom. The van der Waals surface area contributed by atoms with Gasteiger partial charge in [0.25, 0.3) is 0 Å². The van der Waals surface area contributed by atoms with Gasteiger partial charge in [0.1, 0.15) is 5.75 Å². The largest absolute Gasteiger partial charge is 0.497 e. The molecule has 0 bridgehead atoms. The summed E-state index contributed by atoms with van der Waals surface area (Å²) in [4.78, 5) is 12.0. The van der Waals surface area contributed by atoms with Crippen molar-refractivity contribution in [1.82, 2.24) is 0 Å². The zero-order valence-electron chi connectivity index (χ0n) is 11.9. The van der Waals surface area contributed by atoms with Gasteiger partial charge in [-0.25, -0.2) is 0 Å². The molecular formula is C16H17ClN2O2. The van der Waals surface area contributed by atoms with E-state index in [1.807, 2.05) is 37.3 Å². The molecule has 2 rings (SSSR count). The van der Waals surface area contributed by atoms with Gasteiger partial charge >= 0.3 is 0 Å². The lowest BCUT2D eigenvalue weighted by Gasteiger charge is -2.11. The number of nitrogens with one attached hydrogen (secondary N) is 2. The first-order valence-corrected chi connectivity index (χ1v) is 6.90. The number of amides is 1. The number of aryl methyl sites for hydroxylation is 1. The van der Waals surface area contributed by atoms with Crippen molar-refractivity contribution in [1.29, 1.82) is 0 Å². The van der Waals surface area contributed by atoms with Gasteiger partial charge in [0.05, 0.1) is 13.7 Å². The molecule has 0 saturated carbocycles. The minimum Gasteiger partial charge on any atom is -0.497 e. The molecule has 4 nitrogen and oxygen atoms in total. The van der Waals surface area contributed by atoms with Gasteiger partial charge in [-0.2, -0.15) is 0 Å². The van der Waals surface area contributed by atoms with Crippen molar-refractivity contribution in [3.05, 3.63) is 53.1 Å². The summed E-state index contributed by atoms with van der Waals surface area (Å²) in [6, 6.07) is 12.8. The molecule has 0 saturated heterocycles. The summed E-state index contributed by atoms with van der Waals surface area (Å²) in [5.74, 6) is 0.606. The number of hydrogen-bond acceptors (Lipinski definition) is 3. The SMILES string of the molecule is COc1cccc(NCC(=O)Nc2cc(Cl)ccc2C)c1. The Morgan fingerprint density at radius 3 is 2.81 bits per heavy atom. The molecule has 2 aromatic carbocycles. The second kappa shape index (κ2) is 6.99. The van der Waals surface area contributed by atoms with Crippen LogP contribution in [-0.2, 0) is 4.79 Å². The van der Waals surface area contributed by atoms with Gasteiger partial charge in [-0.15, -0.1) is 0 Å². The summed E-state index contributed by atoms with van der Waals surface area (Å²) in [7, 11) is 1.60. The molecule has 5 heteroatoms. The van der Waals surface area contributed by atoms with E-state index >= 15 is 0 Å². The van der Waals surface area contributed by atoms with E-state index in [2.05, 4.69) is 10.6 Å². The van der Waals surface area contributed by atoms with E-state index in [0.717, 1.165) is 22.7 Å². The van der Waals surface area contributed by atoms with E-state index in [0.29, 0.717) is 5.02 Å². The van der Waals surface area contributed by atoms with Gasteiger partial charge in [0, 0.05) is 22.5 Å². The van der Waals surface area contributed by atoms with Crippen molar-refractivity contribution in [2.75, 3.05) is 24.3 Å². The van der Waals surface area contributed by atoms with Crippen LogP contribution in [0.4, 0.5) is 11.4 Å². The average molecular weight is 305 g/mol. The molecule has 0 aliphatic rings. The van der Waals surface area contributed by atoms with Crippen LogP contribution in [0.2, 0.25) is 5.02 Å². The fraction of sp³-hybridized carbons (Fsp3) is 0.188. The van der Waals surface area contributed by atoms with Crippen LogP contribution < -0.4 is 15.4 Å². The Labute approximate surface area is 129 Å². The highest BCUT2D eigenvalue weighted by Crippen LogP contribution is 2.20. The maximum absolute atomic E-state index is 12.0. The van der Waals surface area contributed by atoms with Crippen LogP contribution >= 0.6 is 11.6 Å². The Bertz CT molecular complexity index is 644. The number of rotatable bonds is 5. The summed E-state index contributed by atoms with van der Waals surface area (Å²) in [6.45, 7) is 2.08. The van der Waals surface area contributed by atoms with Crippen molar-refractivity contribution in [2.45, 2.75) is 6.92 Å². The second-order valence-electron chi connectivity index (χ2n) is 4.59. The number of hydrogen-bond donors (Lipinski definition) is 2. The molecule has 110 valence electrons. The minimum atomic E-state index is -0.136. The van der Waals surface area contributed by atoms with E-state index in [1.165, 1.54) is 0 Å². The van der Waals surface area contributed by atoms with Crippen LogP contribution in [0.1, 0.15) is 5.56 Å². The topological polar surface area (TPSA) is 50.4 Å². The van der Waals surface area contributed by atoms with E-state index in [4.69, 9.17) is 16.3 Å². The van der Waals surface area contributed by atoms with Crippen LogP contribution in [0, 0.1) is 6.92 Å². The highest BCUT2D eigenvalue weighted by Gasteiger charge is 2.05. The van der Waals surface area contributed by atoms with Gasteiger partial charge in [-0.1, -0.05) is 23.7 Å². The number of carbonyl (C=O) groups is 1. The summed E-state index contributed by atoms with van der Waals surface area (Å²) in [6.07, 6.45) is 0. The summed E-state index contributed by atoms with van der Waals surface area (Å²) in [5, 5.41) is 6.48. The molecule has 0 atom stereocenters. The van der Waals surface area contributed by atoms with E-state index in [1.54, 1.807) is 19.2 Å². The van der Waals surface area contributed by atoms with Crippen molar-refractivity contribution in [3.63, 3.8) is 0 Å². The van der Waals surface area contributed by atoms with Gasteiger partial charge in [0.15, 0.2) is 0 Å². The maximum Gasteiger partial charge on any atom is 0.243 e. The lowest BCUT2D eigenvalue weighted by atomic mass is 10.2. The Kier molecular flexibility index (Phi) is 5.06. The number of anilines is 2. The van der Waals surface area contributed by atoms with Crippen LogP contribution in [0.3, 0.4) is 0 Å². The third-order valence-electron chi connectivity index (χ3n) is 3.00. The monoisotopic (exact) mass is 304 g/mol. The zero-order valence-corrected chi connectivity index (χ0v) is 12.7. The predicted octanol–water partition coefficient (Wildman–Crippen LogP) is 3.71. The van der Waals surface area contributed by atoms with Gasteiger partial charge in [-0.05, 0) is 36.8 Å². The van der Waals surface area contributed by atoms with Crippen molar-refractivity contribution in [3.8, 4) is 5.75 Å². The quantitative estimate of drug-likeness (QED) is 0.885. The number of carbonyl (C=O) groups excluding carboxylic acids is 1. The Balaban J connectivity index is 1.94. The predicted molar refractivity (Wildman–Crippen MR) is 86.3 cm³/mol. The fourth-order valence-electron chi connectivity index (χ4n) is 1.84. The van der Waals surface area contributed by atoms with Crippen LogP contribution in [0.15, 0.2) is 42.5 Å². The molecule has 2 aromatic rings. The smallest absolute Gasteiger partial charge is 0.243 e. The number of halogens is 1. The van der Waals surface area contributed by atoms with Crippen molar-refractivity contribution >= 4 is 28.9 Å². The minimum absolute atomic E-state index is 0.136. The van der Waals surface area contributed by atoms with Gasteiger partial charge in [-0.3, -0.25) is 4.79 Å². The third kappa shape index (κ3) is 4.39. The average Bonchev–Trinajstić information content (AvgIpc) is 2.49. The molecule has 0 aliphatic carbocycles. The van der Waals surface area contributed by atoms with Gasteiger partial charge in [0.2, 0.25) is 5.91 Å². The van der Waals surface area contributed by atoms with Crippen molar-refractivity contribution < 1.29 is 9.53 Å². The number of benzene rings is 2. The molecule has 0 radical (unpaired) electrons. The first-order chi connectivity index (χ1) is 10.1. The van der Waals surface area contributed by atoms with E-state index in [-0.39, 0.29) is 12.5 Å². The zero-order chi connectivity index (χ0) is 15.2. The second-order valence-corrected chi connectivity index (χ2v) is 5.03. The standard InChI is InChI=1S/C16H17ClN2O2/c1-11-6-7-12(17)8-15(11)19-16(20)10-18-13-4-3-5-14(9-13)21-2/h3-9,18H,10H2,1-2H3,(H,19,20). The molecule has 0 aliphatic heterocycles. The first kappa shape index (κ1) is 15.2. The third-order valence-corrected chi connectivity index (χ3v) is 3.23.